The van der Waals surface area contributed by atoms with Crippen LogP contribution in [0.15, 0.2) is 0 Å². The van der Waals surface area contributed by atoms with Gasteiger partial charge in [0, 0.05) is 18.6 Å². The molecule has 0 bridgehead atoms. The standard InChI is InChI=1S/C9H20N2O/c1-3-11(4-2)9-5-8(7-12)10-6-9/h8-10,12H,3-7H2,1-2H3. The molecule has 2 unspecified atom stereocenters. The van der Waals surface area contributed by atoms with Crippen molar-refractivity contribution < 1.29 is 5.11 Å². The van der Waals surface area contributed by atoms with Gasteiger partial charge in [-0.2, -0.15) is 0 Å². The van der Waals surface area contributed by atoms with E-state index >= 15 is 0 Å². The lowest BCUT2D eigenvalue weighted by molar-refractivity contribution is 0.215. The highest BCUT2D eigenvalue weighted by molar-refractivity contribution is 4.86. The molecule has 1 rings (SSSR count). The smallest absolute Gasteiger partial charge is 0.0585 e. The van der Waals surface area contributed by atoms with Crippen LogP contribution in [0.1, 0.15) is 20.3 Å². The Morgan fingerprint density at radius 2 is 2.08 bits per heavy atom. The number of likely N-dealkylation sites (N-methyl/N-ethyl adjacent to an activating group) is 1. The van der Waals surface area contributed by atoms with Crippen molar-refractivity contribution >= 4 is 0 Å². The quantitative estimate of drug-likeness (QED) is 0.629. The first kappa shape index (κ1) is 9.96. The van der Waals surface area contributed by atoms with Crippen molar-refractivity contribution in [2.45, 2.75) is 32.4 Å². The Hall–Kier alpha value is -0.120. The van der Waals surface area contributed by atoms with Gasteiger partial charge in [-0.25, -0.2) is 0 Å². The van der Waals surface area contributed by atoms with Crippen LogP contribution in [0.5, 0.6) is 0 Å². The van der Waals surface area contributed by atoms with E-state index in [0.717, 1.165) is 26.1 Å². The molecule has 0 aliphatic carbocycles. The Labute approximate surface area is 74.8 Å². The van der Waals surface area contributed by atoms with Crippen molar-refractivity contribution in [1.82, 2.24) is 10.2 Å². The number of hydrogen-bond donors (Lipinski definition) is 2. The molecule has 3 nitrogen and oxygen atoms in total. The van der Waals surface area contributed by atoms with Crippen LogP contribution < -0.4 is 5.32 Å². The number of nitrogens with zero attached hydrogens (tertiary/aromatic N) is 1. The van der Waals surface area contributed by atoms with Crippen molar-refractivity contribution in [3.8, 4) is 0 Å². The lowest BCUT2D eigenvalue weighted by Crippen LogP contribution is -2.36. The van der Waals surface area contributed by atoms with Crippen LogP contribution in [0.4, 0.5) is 0 Å². The van der Waals surface area contributed by atoms with Gasteiger partial charge in [-0.1, -0.05) is 13.8 Å². The van der Waals surface area contributed by atoms with Crippen LogP contribution >= 0.6 is 0 Å². The van der Waals surface area contributed by atoms with E-state index in [1.165, 1.54) is 0 Å². The molecule has 1 saturated heterocycles. The van der Waals surface area contributed by atoms with Crippen LogP contribution in [-0.4, -0.2) is 48.3 Å². The minimum Gasteiger partial charge on any atom is -0.395 e. The van der Waals surface area contributed by atoms with E-state index in [-0.39, 0.29) is 6.61 Å². The molecule has 0 spiro atoms. The van der Waals surface area contributed by atoms with E-state index in [1.807, 2.05) is 0 Å². The van der Waals surface area contributed by atoms with E-state index in [2.05, 4.69) is 24.1 Å². The van der Waals surface area contributed by atoms with Gasteiger partial charge >= 0.3 is 0 Å². The van der Waals surface area contributed by atoms with Crippen LogP contribution in [-0.2, 0) is 0 Å². The zero-order valence-electron chi connectivity index (χ0n) is 8.08. The Bertz CT molecular complexity index is 126. The normalized spacial score (nSPS) is 30.0. The fourth-order valence-electron chi connectivity index (χ4n) is 1.96. The van der Waals surface area contributed by atoms with Gasteiger partial charge in [-0.3, -0.25) is 4.90 Å². The number of aliphatic hydroxyl groups excluding tert-OH is 1. The molecule has 1 aliphatic heterocycles. The second kappa shape index (κ2) is 4.80. The molecular formula is C9H20N2O. The van der Waals surface area contributed by atoms with Gasteiger partial charge in [0.1, 0.15) is 0 Å². The molecule has 0 amide bonds. The summed E-state index contributed by atoms with van der Waals surface area (Å²) in [5, 5.41) is 12.2. The molecule has 72 valence electrons. The predicted octanol–water partition coefficient (Wildman–Crippen LogP) is 0.0510. The first-order valence-electron chi connectivity index (χ1n) is 4.90. The Morgan fingerprint density at radius 1 is 1.42 bits per heavy atom. The Morgan fingerprint density at radius 3 is 2.50 bits per heavy atom. The van der Waals surface area contributed by atoms with E-state index in [0.29, 0.717) is 12.1 Å². The molecule has 2 atom stereocenters. The second-order valence-electron chi connectivity index (χ2n) is 3.40. The summed E-state index contributed by atoms with van der Waals surface area (Å²) in [5.41, 5.74) is 0. The SMILES string of the molecule is CCN(CC)C1CNC(CO)C1. The number of rotatable bonds is 4. The summed E-state index contributed by atoms with van der Waals surface area (Å²) in [6.07, 6.45) is 1.10. The highest BCUT2D eigenvalue weighted by Gasteiger charge is 2.26. The van der Waals surface area contributed by atoms with Gasteiger partial charge in [-0.15, -0.1) is 0 Å². The highest BCUT2D eigenvalue weighted by atomic mass is 16.3. The van der Waals surface area contributed by atoms with Crippen molar-refractivity contribution in [3.63, 3.8) is 0 Å². The third-order valence-electron chi connectivity index (χ3n) is 2.75. The maximum atomic E-state index is 8.93. The fourth-order valence-corrected chi connectivity index (χ4v) is 1.96. The number of nitrogens with one attached hydrogen (secondary N) is 1. The Kier molecular flexibility index (Phi) is 3.98. The average molecular weight is 172 g/mol. The summed E-state index contributed by atoms with van der Waals surface area (Å²) in [6.45, 7) is 7.91. The van der Waals surface area contributed by atoms with Crippen molar-refractivity contribution in [3.05, 3.63) is 0 Å². The minimum absolute atomic E-state index is 0.276. The van der Waals surface area contributed by atoms with Gasteiger partial charge in [-0.05, 0) is 19.5 Å². The van der Waals surface area contributed by atoms with Gasteiger partial charge in [0.2, 0.25) is 0 Å². The number of aliphatic hydroxyl groups is 1. The highest BCUT2D eigenvalue weighted by Crippen LogP contribution is 2.12. The molecule has 1 heterocycles. The third-order valence-corrected chi connectivity index (χ3v) is 2.75. The third kappa shape index (κ3) is 2.19. The van der Waals surface area contributed by atoms with Crippen LogP contribution in [0.25, 0.3) is 0 Å². The van der Waals surface area contributed by atoms with E-state index in [4.69, 9.17) is 5.11 Å². The molecule has 0 aromatic heterocycles. The zero-order chi connectivity index (χ0) is 8.97. The molecular weight excluding hydrogens is 152 g/mol. The molecule has 0 radical (unpaired) electrons. The summed E-state index contributed by atoms with van der Waals surface area (Å²) < 4.78 is 0. The summed E-state index contributed by atoms with van der Waals surface area (Å²) in [4.78, 5) is 2.45. The van der Waals surface area contributed by atoms with Crippen molar-refractivity contribution in [1.29, 1.82) is 0 Å². The van der Waals surface area contributed by atoms with E-state index in [9.17, 15) is 0 Å². The Balaban J connectivity index is 2.34. The van der Waals surface area contributed by atoms with Crippen LogP contribution in [0.2, 0.25) is 0 Å². The minimum atomic E-state index is 0.276. The van der Waals surface area contributed by atoms with E-state index in [1.54, 1.807) is 0 Å². The molecule has 0 aromatic rings. The van der Waals surface area contributed by atoms with Gasteiger partial charge in [0.25, 0.3) is 0 Å². The summed E-state index contributed by atoms with van der Waals surface area (Å²) in [6, 6.07) is 0.966. The second-order valence-corrected chi connectivity index (χ2v) is 3.40. The lowest BCUT2D eigenvalue weighted by Gasteiger charge is -2.25. The number of hydrogen-bond acceptors (Lipinski definition) is 3. The van der Waals surface area contributed by atoms with Crippen LogP contribution in [0.3, 0.4) is 0 Å². The summed E-state index contributed by atoms with van der Waals surface area (Å²) in [5.74, 6) is 0. The molecule has 1 fully saturated rings. The monoisotopic (exact) mass is 172 g/mol. The van der Waals surface area contributed by atoms with Gasteiger partial charge in [0.05, 0.1) is 6.61 Å². The fraction of sp³-hybridized carbons (Fsp3) is 1.00. The first-order chi connectivity index (χ1) is 5.81. The van der Waals surface area contributed by atoms with Crippen molar-refractivity contribution in [2.75, 3.05) is 26.2 Å². The molecule has 3 heteroatoms. The zero-order valence-corrected chi connectivity index (χ0v) is 8.08. The average Bonchev–Trinajstić information content (AvgIpc) is 2.55. The maximum absolute atomic E-state index is 8.93. The first-order valence-corrected chi connectivity index (χ1v) is 4.90. The topological polar surface area (TPSA) is 35.5 Å². The maximum Gasteiger partial charge on any atom is 0.0585 e. The molecule has 2 N–H and O–H groups in total. The van der Waals surface area contributed by atoms with Crippen molar-refractivity contribution in [2.24, 2.45) is 0 Å². The molecule has 0 saturated carbocycles. The largest absolute Gasteiger partial charge is 0.395 e. The lowest BCUT2D eigenvalue weighted by atomic mass is 10.1. The van der Waals surface area contributed by atoms with Gasteiger partial charge < -0.3 is 10.4 Å². The molecule has 1 aliphatic rings. The molecule has 12 heavy (non-hydrogen) atoms. The molecule has 0 aromatic carbocycles. The van der Waals surface area contributed by atoms with Gasteiger partial charge in [0.15, 0.2) is 0 Å². The summed E-state index contributed by atoms with van der Waals surface area (Å²) >= 11 is 0. The predicted molar refractivity (Wildman–Crippen MR) is 50.2 cm³/mol. The van der Waals surface area contributed by atoms with Crippen LogP contribution in [0, 0.1) is 0 Å². The summed E-state index contributed by atoms with van der Waals surface area (Å²) in [7, 11) is 0. The van der Waals surface area contributed by atoms with E-state index < -0.39 is 0 Å².